The Morgan fingerprint density at radius 1 is 1.37 bits per heavy atom. The van der Waals surface area contributed by atoms with Crippen molar-refractivity contribution in [2.75, 3.05) is 18.0 Å². The lowest BCUT2D eigenvalue weighted by molar-refractivity contribution is 0.418. The molecule has 2 nitrogen and oxygen atoms in total. The van der Waals surface area contributed by atoms with E-state index in [2.05, 4.69) is 44.0 Å². The van der Waals surface area contributed by atoms with Crippen molar-refractivity contribution in [3.05, 3.63) is 28.8 Å². The van der Waals surface area contributed by atoms with Gasteiger partial charge in [0.15, 0.2) is 0 Å². The fourth-order valence-electron chi connectivity index (χ4n) is 2.67. The molecule has 1 fully saturated rings. The third-order valence-corrected chi connectivity index (χ3v) is 4.07. The van der Waals surface area contributed by atoms with Gasteiger partial charge in [-0.05, 0) is 23.5 Å². The number of anilines is 1. The van der Waals surface area contributed by atoms with Crippen LogP contribution in [0.25, 0.3) is 0 Å². The highest BCUT2D eigenvalue weighted by Gasteiger charge is 2.31. The van der Waals surface area contributed by atoms with Crippen LogP contribution in [0.4, 0.5) is 5.69 Å². The maximum Gasteiger partial charge on any atom is 0.0642 e. The number of nitrogens with zero attached hydrogens (tertiary/aromatic N) is 1. The van der Waals surface area contributed by atoms with Gasteiger partial charge in [0, 0.05) is 25.7 Å². The zero-order valence-corrected chi connectivity index (χ0v) is 13.2. The van der Waals surface area contributed by atoms with Gasteiger partial charge in [-0.15, -0.1) is 0 Å². The molecule has 0 aromatic heterocycles. The summed E-state index contributed by atoms with van der Waals surface area (Å²) >= 11 is 6.45. The quantitative estimate of drug-likeness (QED) is 0.894. The minimum atomic E-state index is 0.391. The first-order chi connectivity index (χ1) is 8.89. The lowest BCUT2D eigenvalue weighted by atomic mass is 9.93. The molecule has 1 aliphatic rings. The Bertz CT molecular complexity index is 440. The van der Waals surface area contributed by atoms with Gasteiger partial charge in [-0.3, -0.25) is 0 Å². The second-order valence-corrected chi connectivity index (χ2v) is 7.03. The van der Waals surface area contributed by atoms with Gasteiger partial charge in [0.1, 0.15) is 0 Å². The Balaban J connectivity index is 2.23. The molecule has 0 bridgehead atoms. The van der Waals surface area contributed by atoms with Crippen LogP contribution in [0.15, 0.2) is 18.2 Å². The number of nitrogens with one attached hydrogen (secondary N) is 1. The number of benzene rings is 1. The highest BCUT2D eigenvalue weighted by molar-refractivity contribution is 6.33. The summed E-state index contributed by atoms with van der Waals surface area (Å²) in [7, 11) is 0. The van der Waals surface area contributed by atoms with Gasteiger partial charge in [-0.1, -0.05) is 51.4 Å². The maximum absolute atomic E-state index is 6.45. The zero-order valence-electron chi connectivity index (χ0n) is 12.5. The van der Waals surface area contributed by atoms with E-state index in [9.17, 15) is 0 Å². The number of para-hydroxylation sites is 1. The molecule has 1 saturated heterocycles. The molecular formula is C16H25ClN2. The van der Waals surface area contributed by atoms with E-state index >= 15 is 0 Å². The topological polar surface area (TPSA) is 15.3 Å². The predicted molar refractivity (Wildman–Crippen MR) is 84.0 cm³/mol. The number of hydrogen-bond donors (Lipinski definition) is 1. The van der Waals surface area contributed by atoms with Crippen LogP contribution >= 0.6 is 11.6 Å². The van der Waals surface area contributed by atoms with Crippen LogP contribution in [0, 0.1) is 5.41 Å². The molecule has 2 rings (SSSR count). The molecule has 1 aliphatic heterocycles. The van der Waals surface area contributed by atoms with Crippen molar-refractivity contribution < 1.29 is 0 Å². The van der Waals surface area contributed by atoms with E-state index in [0.717, 1.165) is 24.7 Å². The molecule has 3 heteroatoms. The molecule has 0 unspecified atom stereocenters. The molecule has 0 atom stereocenters. The molecule has 0 radical (unpaired) electrons. The van der Waals surface area contributed by atoms with Crippen molar-refractivity contribution in [1.29, 1.82) is 0 Å². The first kappa shape index (κ1) is 14.7. The molecule has 106 valence electrons. The van der Waals surface area contributed by atoms with E-state index in [1.165, 1.54) is 17.7 Å². The van der Waals surface area contributed by atoms with Gasteiger partial charge in [0.05, 0.1) is 10.7 Å². The number of hydrogen-bond acceptors (Lipinski definition) is 2. The first-order valence-corrected chi connectivity index (χ1v) is 7.52. The molecule has 0 amide bonds. The summed E-state index contributed by atoms with van der Waals surface area (Å²) in [5, 5.41) is 4.36. The van der Waals surface area contributed by atoms with Gasteiger partial charge < -0.3 is 10.2 Å². The minimum Gasteiger partial charge on any atom is -0.370 e. The fourth-order valence-corrected chi connectivity index (χ4v) is 2.99. The summed E-state index contributed by atoms with van der Waals surface area (Å²) in [6.07, 6.45) is 1.23. The van der Waals surface area contributed by atoms with Crippen LogP contribution in [0.3, 0.4) is 0 Å². The fraction of sp³-hybridized carbons (Fsp3) is 0.625. The molecule has 0 aliphatic carbocycles. The smallest absolute Gasteiger partial charge is 0.0642 e. The minimum absolute atomic E-state index is 0.391. The second-order valence-electron chi connectivity index (χ2n) is 6.62. The normalized spacial score (nSPS) is 18.3. The van der Waals surface area contributed by atoms with E-state index < -0.39 is 0 Å². The molecule has 19 heavy (non-hydrogen) atoms. The molecule has 1 N–H and O–H groups in total. The third-order valence-electron chi connectivity index (χ3n) is 3.76. The summed E-state index contributed by atoms with van der Waals surface area (Å²) in [6, 6.07) is 6.72. The zero-order chi connectivity index (χ0) is 14.0. The molecule has 1 heterocycles. The van der Waals surface area contributed by atoms with E-state index in [4.69, 9.17) is 11.6 Å². The van der Waals surface area contributed by atoms with E-state index in [0.29, 0.717) is 11.5 Å². The van der Waals surface area contributed by atoms with Crippen LogP contribution < -0.4 is 10.2 Å². The summed E-state index contributed by atoms with van der Waals surface area (Å²) in [5.41, 5.74) is 2.92. The predicted octanol–water partition coefficient (Wildman–Crippen LogP) is 4.07. The summed E-state index contributed by atoms with van der Waals surface area (Å²) in [6.45, 7) is 12.1. The Kier molecular flexibility index (Phi) is 4.42. The van der Waals surface area contributed by atoms with Crippen LogP contribution in [0.5, 0.6) is 0 Å². The Morgan fingerprint density at radius 2 is 2.11 bits per heavy atom. The highest BCUT2D eigenvalue weighted by atomic mass is 35.5. The van der Waals surface area contributed by atoms with Crippen LogP contribution in [0.1, 0.15) is 39.7 Å². The average molecular weight is 281 g/mol. The monoisotopic (exact) mass is 280 g/mol. The summed E-state index contributed by atoms with van der Waals surface area (Å²) in [5.74, 6) is 0. The third kappa shape index (κ3) is 3.64. The lowest BCUT2D eigenvalue weighted by Gasteiger charge is -2.25. The molecule has 0 saturated carbocycles. The number of rotatable bonds is 4. The Hall–Kier alpha value is -0.730. The lowest BCUT2D eigenvalue weighted by Crippen LogP contribution is -2.27. The van der Waals surface area contributed by atoms with Crippen molar-refractivity contribution in [3.8, 4) is 0 Å². The van der Waals surface area contributed by atoms with Crippen molar-refractivity contribution in [1.82, 2.24) is 5.32 Å². The average Bonchev–Trinajstić information content (AvgIpc) is 2.66. The largest absolute Gasteiger partial charge is 0.370 e. The molecule has 0 spiro atoms. The highest BCUT2D eigenvalue weighted by Crippen LogP contribution is 2.37. The van der Waals surface area contributed by atoms with Gasteiger partial charge in [0.25, 0.3) is 0 Å². The van der Waals surface area contributed by atoms with Gasteiger partial charge in [-0.25, -0.2) is 0 Å². The number of halogens is 1. The SMILES string of the molecule is CC(C)NCc1cccc(Cl)c1N1CCC(C)(C)C1. The van der Waals surface area contributed by atoms with E-state index in [1.54, 1.807) is 0 Å². The van der Waals surface area contributed by atoms with Gasteiger partial charge in [0.2, 0.25) is 0 Å². The Labute approximate surface area is 122 Å². The van der Waals surface area contributed by atoms with E-state index in [-0.39, 0.29) is 0 Å². The maximum atomic E-state index is 6.45. The summed E-state index contributed by atoms with van der Waals surface area (Å²) < 4.78 is 0. The molecule has 1 aromatic rings. The van der Waals surface area contributed by atoms with Crippen molar-refractivity contribution in [2.24, 2.45) is 5.41 Å². The molecule has 1 aromatic carbocycles. The van der Waals surface area contributed by atoms with Gasteiger partial charge in [-0.2, -0.15) is 0 Å². The summed E-state index contributed by atoms with van der Waals surface area (Å²) in [4.78, 5) is 2.44. The molecular weight excluding hydrogens is 256 g/mol. The standard InChI is InChI=1S/C16H25ClN2/c1-12(2)18-10-13-6-5-7-14(17)15(13)19-9-8-16(3,4)11-19/h5-7,12,18H,8-11H2,1-4H3. The second kappa shape index (κ2) is 5.72. The van der Waals surface area contributed by atoms with E-state index in [1.807, 2.05) is 12.1 Å². The van der Waals surface area contributed by atoms with Gasteiger partial charge >= 0.3 is 0 Å². The van der Waals surface area contributed by atoms with Crippen molar-refractivity contribution >= 4 is 17.3 Å². The Morgan fingerprint density at radius 3 is 2.68 bits per heavy atom. The van der Waals surface area contributed by atoms with Crippen LogP contribution in [0.2, 0.25) is 5.02 Å². The first-order valence-electron chi connectivity index (χ1n) is 7.15. The van der Waals surface area contributed by atoms with Crippen molar-refractivity contribution in [3.63, 3.8) is 0 Å². The van der Waals surface area contributed by atoms with Crippen LogP contribution in [-0.4, -0.2) is 19.1 Å². The van der Waals surface area contributed by atoms with Crippen LogP contribution in [-0.2, 0) is 6.54 Å². The van der Waals surface area contributed by atoms with Crippen molar-refractivity contribution in [2.45, 2.75) is 46.7 Å².